The van der Waals surface area contributed by atoms with Crippen LogP contribution in [-0.4, -0.2) is 50.6 Å². The Labute approximate surface area is 136 Å². The molecule has 6 heteroatoms. The molecule has 1 heterocycles. The SMILES string of the molecule is C/C=C/CCNC(=NC)N1CCN(c2cc(F)ccc2F)CC1. The van der Waals surface area contributed by atoms with Gasteiger partial charge < -0.3 is 15.1 Å². The molecule has 1 aromatic rings. The van der Waals surface area contributed by atoms with Crippen molar-refractivity contribution in [1.29, 1.82) is 0 Å². The van der Waals surface area contributed by atoms with Gasteiger partial charge in [0.05, 0.1) is 5.69 Å². The van der Waals surface area contributed by atoms with Crippen LogP contribution in [0.1, 0.15) is 13.3 Å². The zero-order chi connectivity index (χ0) is 16.7. The summed E-state index contributed by atoms with van der Waals surface area (Å²) in [7, 11) is 1.76. The highest BCUT2D eigenvalue weighted by atomic mass is 19.1. The average Bonchev–Trinajstić information content (AvgIpc) is 2.57. The Morgan fingerprint density at radius 1 is 1.26 bits per heavy atom. The number of hydrogen-bond donors (Lipinski definition) is 1. The summed E-state index contributed by atoms with van der Waals surface area (Å²) < 4.78 is 27.2. The Morgan fingerprint density at radius 3 is 2.65 bits per heavy atom. The van der Waals surface area contributed by atoms with Crippen molar-refractivity contribution in [3.8, 4) is 0 Å². The van der Waals surface area contributed by atoms with E-state index in [-0.39, 0.29) is 5.82 Å². The largest absolute Gasteiger partial charge is 0.366 e. The minimum Gasteiger partial charge on any atom is -0.366 e. The van der Waals surface area contributed by atoms with E-state index in [0.29, 0.717) is 18.8 Å². The van der Waals surface area contributed by atoms with E-state index in [2.05, 4.69) is 21.3 Å². The van der Waals surface area contributed by atoms with Crippen LogP contribution in [0.4, 0.5) is 14.5 Å². The number of benzene rings is 1. The molecule has 2 rings (SSSR count). The second-order valence-electron chi connectivity index (χ2n) is 5.40. The van der Waals surface area contributed by atoms with E-state index in [1.165, 1.54) is 12.1 Å². The molecule has 4 nitrogen and oxygen atoms in total. The predicted molar refractivity (Wildman–Crippen MR) is 90.9 cm³/mol. The topological polar surface area (TPSA) is 30.9 Å². The van der Waals surface area contributed by atoms with E-state index in [0.717, 1.165) is 38.1 Å². The van der Waals surface area contributed by atoms with Crippen LogP contribution in [0.3, 0.4) is 0 Å². The Bertz CT molecular complexity index is 564. The molecular formula is C17H24F2N4. The number of allylic oxidation sites excluding steroid dienone is 1. The molecule has 1 N–H and O–H groups in total. The van der Waals surface area contributed by atoms with Gasteiger partial charge in [0.1, 0.15) is 11.6 Å². The third-order valence-electron chi connectivity index (χ3n) is 3.87. The first-order valence-electron chi connectivity index (χ1n) is 7.92. The van der Waals surface area contributed by atoms with Gasteiger partial charge in [0, 0.05) is 45.8 Å². The Hall–Kier alpha value is -2.11. The number of aliphatic imine (C=N–C) groups is 1. The van der Waals surface area contributed by atoms with Crippen molar-refractivity contribution in [3.05, 3.63) is 42.0 Å². The van der Waals surface area contributed by atoms with E-state index in [4.69, 9.17) is 0 Å². The summed E-state index contributed by atoms with van der Waals surface area (Å²) in [6, 6.07) is 3.58. The molecule has 23 heavy (non-hydrogen) atoms. The van der Waals surface area contributed by atoms with Gasteiger partial charge in [-0.3, -0.25) is 4.99 Å². The van der Waals surface area contributed by atoms with Gasteiger partial charge in [-0.05, 0) is 25.5 Å². The van der Waals surface area contributed by atoms with E-state index >= 15 is 0 Å². The lowest BCUT2D eigenvalue weighted by Gasteiger charge is -2.37. The van der Waals surface area contributed by atoms with Gasteiger partial charge in [-0.15, -0.1) is 0 Å². The van der Waals surface area contributed by atoms with Crippen molar-refractivity contribution in [2.75, 3.05) is 44.7 Å². The van der Waals surface area contributed by atoms with Gasteiger partial charge in [0.25, 0.3) is 0 Å². The first-order chi connectivity index (χ1) is 11.2. The average molecular weight is 322 g/mol. The van der Waals surface area contributed by atoms with Crippen LogP contribution in [0.15, 0.2) is 35.3 Å². The van der Waals surface area contributed by atoms with E-state index < -0.39 is 5.82 Å². The monoisotopic (exact) mass is 322 g/mol. The first-order valence-corrected chi connectivity index (χ1v) is 7.92. The number of guanidine groups is 1. The summed E-state index contributed by atoms with van der Waals surface area (Å²) in [5.74, 6) is 0.0628. The molecular weight excluding hydrogens is 298 g/mol. The molecule has 1 aromatic carbocycles. The van der Waals surface area contributed by atoms with Crippen LogP contribution < -0.4 is 10.2 Å². The zero-order valence-corrected chi connectivity index (χ0v) is 13.7. The third kappa shape index (κ3) is 4.68. The standard InChI is InChI=1S/C17H24F2N4/c1-3-4-5-8-21-17(20-2)23-11-9-22(10-12-23)16-13-14(18)6-7-15(16)19/h3-4,6-7,13H,5,8-12H2,1-2H3,(H,20,21)/b4-3+. The van der Waals surface area contributed by atoms with Gasteiger partial charge in [0.2, 0.25) is 0 Å². The third-order valence-corrected chi connectivity index (χ3v) is 3.87. The molecule has 0 bridgehead atoms. The Balaban J connectivity index is 1.91. The summed E-state index contributed by atoms with van der Waals surface area (Å²) in [5.41, 5.74) is 0.334. The normalized spacial score (nSPS) is 16.3. The molecule has 0 amide bonds. The molecule has 1 fully saturated rings. The maximum absolute atomic E-state index is 13.9. The highest BCUT2D eigenvalue weighted by Crippen LogP contribution is 2.21. The second-order valence-corrected chi connectivity index (χ2v) is 5.40. The summed E-state index contributed by atoms with van der Waals surface area (Å²) in [4.78, 5) is 8.31. The molecule has 0 aliphatic carbocycles. The Kier molecular flexibility index (Phi) is 6.38. The van der Waals surface area contributed by atoms with Crippen LogP contribution in [0.2, 0.25) is 0 Å². The van der Waals surface area contributed by atoms with Crippen molar-refractivity contribution >= 4 is 11.6 Å². The fraction of sp³-hybridized carbons (Fsp3) is 0.471. The number of hydrogen-bond acceptors (Lipinski definition) is 2. The van der Waals surface area contributed by atoms with Crippen molar-refractivity contribution < 1.29 is 8.78 Å². The minimum absolute atomic E-state index is 0.334. The lowest BCUT2D eigenvalue weighted by atomic mass is 10.2. The summed E-state index contributed by atoms with van der Waals surface area (Å²) >= 11 is 0. The molecule has 0 unspecified atom stereocenters. The van der Waals surface area contributed by atoms with Crippen molar-refractivity contribution in [2.45, 2.75) is 13.3 Å². The summed E-state index contributed by atoms with van der Waals surface area (Å²) in [5, 5.41) is 3.32. The maximum Gasteiger partial charge on any atom is 0.193 e. The van der Waals surface area contributed by atoms with Crippen LogP contribution in [0, 0.1) is 11.6 Å². The molecule has 1 aliphatic heterocycles. The maximum atomic E-state index is 13.9. The van der Waals surface area contributed by atoms with Gasteiger partial charge in [0.15, 0.2) is 5.96 Å². The molecule has 1 aliphatic rings. The second kappa shape index (κ2) is 8.50. The van der Waals surface area contributed by atoms with Crippen molar-refractivity contribution in [2.24, 2.45) is 4.99 Å². The molecule has 0 spiro atoms. The number of rotatable bonds is 4. The highest BCUT2D eigenvalue weighted by Gasteiger charge is 2.21. The lowest BCUT2D eigenvalue weighted by molar-refractivity contribution is 0.371. The number of nitrogens with one attached hydrogen (secondary N) is 1. The smallest absolute Gasteiger partial charge is 0.193 e. The van der Waals surface area contributed by atoms with E-state index in [1.807, 2.05) is 17.9 Å². The molecule has 0 aromatic heterocycles. The number of anilines is 1. The van der Waals surface area contributed by atoms with Crippen molar-refractivity contribution in [1.82, 2.24) is 10.2 Å². The van der Waals surface area contributed by atoms with Crippen LogP contribution in [-0.2, 0) is 0 Å². The summed E-state index contributed by atoms with van der Waals surface area (Å²) in [6.45, 7) is 5.54. The van der Waals surface area contributed by atoms with Crippen molar-refractivity contribution in [3.63, 3.8) is 0 Å². The number of halogens is 2. The molecule has 1 saturated heterocycles. The van der Waals surface area contributed by atoms with Crippen LogP contribution in [0.25, 0.3) is 0 Å². The number of nitrogens with zero attached hydrogens (tertiary/aromatic N) is 3. The fourth-order valence-electron chi connectivity index (χ4n) is 2.65. The quantitative estimate of drug-likeness (QED) is 0.400. The van der Waals surface area contributed by atoms with Gasteiger partial charge in [-0.2, -0.15) is 0 Å². The van der Waals surface area contributed by atoms with Gasteiger partial charge in [-0.25, -0.2) is 8.78 Å². The van der Waals surface area contributed by atoms with Gasteiger partial charge in [-0.1, -0.05) is 12.2 Å². The minimum atomic E-state index is -0.412. The molecule has 0 saturated carbocycles. The Morgan fingerprint density at radius 2 is 2.00 bits per heavy atom. The molecule has 126 valence electrons. The predicted octanol–water partition coefficient (Wildman–Crippen LogP) is 2.63. The fourth-order valence-corrected chi connectivity index (χ4v) is 2.65. The lowest BCUT2D eigenvalue weighted by Crippen LogP contribution is -2.52. The van der Waals surface area contributed by atoms with E-state index in [1.54, 1.807) is 7.05 Å². The molecule has 0 radical (unpaired) electrons. The van der Waals surface area contributed by atoms with Crippen LogP contribution in [0.5, 0.6) is 0 Å². The highest BCUT2D eigenvalue weighted by molar-refractivity contribution is 5.80. The first kappa shape index (κ1) is 17.2. The number of piperazine rings is 1. The zero-order valence-electron chi connectivity index (χ0n) is 13.7. The van der Waals surface area contributed by atoms with E-state index in [9.17, 15) is 8.78 Å². The summed E-state index contributed by atoms with van der Waals surface area (Å²) in [6.07, 6.45) is 5.08. The van der Waals surface area contributed by atoms with Crippen LogP contribution >= 0.6 is 0 Å². The van der Waals surface area contributed by atoms with Gasteiger partial charge >= 0.3 is 0 Å². The molecule has 0 atom stereocenters.